The first-order valence-electron chi connectivity index (χ1n) is 4.71. The minimum Gasteiger partial charge on any atom is -0.297 e. The molecule has 0 aromatic carbocycles. The summed E-state index contributed by atoms with van der Waals surface area (Å²) in [5.74, 6) is 3.20. The summed E-state index contributed by atoms with van der Waals surface area (Å²) >= 11 is 3.54. The monoisotopic (exact) mass is 218 g/mol. The van der Waals surface area contributed by atoms with E-state index in [-0.39, 0.29) is 0 Å². The highest BCUT2D eigenvalue weighted by Crippen LogP contribution is 2.15. The van der Waals surface area contributed by atoms with Gasteiger partial charge in [0.25, 0.3) is 0 Å². The van der Waals surface area contributed by atoms with Crippen molar-refractivity contribution in [1.29, 1.82) is 0 Å². The molecule has 0 aliphatic rings. The number of hydrogen-bond donors (Lipinski definition) is 0. The molecule has 0 radical (unpaired) electrons. The zero-order chi connectivity index (χ0) is 9.94. The average molecular weight is 218 g/mol. The minimum atomic E-state index is 0.894. The van der Waals surface area contributed by atoms with Crippen LogP contribution in [-0.2, 0) is 4.79 Å². The molecule has 1 nitrogen and oxygen atoms in total. The molecule has 3 heteroatoms. The van der Waals surface area contributed by atoms with Gasteiger partial charge in [-0.25, -0.2) is 0 Å². The lowest BCUT2D eigenvalue weighted by atomic mass is 10.5. The van der Waals surface area contributed by atoms with Crippen molar-refractivity contribution in [3.63, 3.8) is 0 Å². The van der Waals surface area contributed by atoms with E-state index in [0.29, 0.717) is 0 Å². The largest absolute Gasteiger partial charge is 0.297 e. The molecule has 76 valence electrons. The predicted molar refractivity (Wildman–Crippen MR) is 64.5 cm³/mol. The standard InChI is InChI=1S/C10H18OS2/c1-3-6-12-8-5-10(9-11)13-7-4-2/h5,9H,3-4,6-8H2,1-2H3. The molecule has 13 heavy (non-hydrogen) atoms. The van der Waals surface area contributed by atoms with Crippen LogP contribution in [0.1, 0.15) is 26.7 Å². The maximum atomic E-state index is 10.6. The molecule has 0 heterocycles. The molecule has 0 aromatic heterocycles. The SMILES string of the molecule is CCCSCC=C(C=O)SCCC. The fourth-order valence-electron chi connectivity index (χ4n) is 0.730. The minimum absolute atomic E-state index is 0.894. The van der Waals surface area contributed by atoms with Crippen molar-refractivity contribution in [2.75, 3.05) is 17.3 Å². The molecular formula is C10H18OS2. The number of hydrogen-bond acceptors (Lipinski definition) is 3. The first-order chi connectivity index (χ1) is 6.35. The summed E-state index contributed by atoms with van der Waals surface area (Å²) in [6, 6.07) is 0. The molecule has 0 unspecified atom stereocenters. The Labute approximate surface area is 89.7 Å². The topological polar surface area (TPSA) is 17.1 Å². The summed E-state index contributed by atoms with van der Waals surface area (Å²) in [6.45, 7) is 4.30. The second kappa shape index (κ2) is 10.2. The van der Waals surface area contributed by atoms with Crippen LogP contribution in [0, 0.1) is 0 Å². The molecule has 0 rings (SSSR count). The molecule has 0 N–H and O–H groups in total. The van der Waals surface area contributed by atoms with Crippen LogP contribution in [0.3, 0.4) is 0 Å². The Balaban J connectivity index is 3.58. The Bertz CT molecular complexity index is 155. The van der Waals surface area contributed by atoms with Gasteiger partial charge in [0.1, 0.15) is 0 Å². The Kier molecular flexibility index (Phi) is 10.3. The fraction of sp³-hybridized carbons (Fsp3) is 0.700. The van der Waals surface area contributed by atoms with Gasteiger partial charge in [0.2, 0.25) is 0 Å². The van der Waals surface area contributed by atoms with Gasteiger partial charge in [0.05, 0.1) is 0 Å². The first kappa shape index (κ1) is 13.1. The molecule has 0 fully saturated rings. The maximum absolute atomic E-state index is 10.6. The summed E-state index contributed by atoms with van der Waals surface area (Å²) in [6.07, 6.45) is 5.33. The van der Waals surface area contributed by atoms with Gasteiger partial charge in [-0.1, -0.05) is 19.9 Å². The second-order valence-electron chi connectivity index (χ2n) is 2.65. The molecule has 0 atom stereocenters. The lowest BCUT2D eigenvalue weighted by molar-refractivity contribution is -0.104. The van der Waals surface area contributed by atoms with Crippen molar-refractivity contribution in [3.8, 4) is 0 Å². The molecule has 0 aromatic rings. The zero-order valence-electron chi connectivity index (χ0n) is 8.41. The summed E-state index contributed by atoms with van der Waals surface area (Å²) in [4.78, 5) is 11.5. The van der Waals surface area contributed by atoms with Crippen molar-refractivity contribution in [1.82, 2.24) is 0 Å². The molecular weight excluding hydrogens is 200 g/mol. The normalized spacial score (nSPS) is 11.7. The number of rotatable bonds is 8. The number of carbonyl (C=O) groups is 1. The van der Waals surface area contributed by atoms with Crippen LogP contribution in [0.15, 0.2) is 11.0 Å². The van der Waals surface area contributed by atoms with Crippen molar-refractivity contribution in [3.05, 3.63) is 11.0 Å². The number of aldehydes is 1. The van der Waals surface area contributed by atoms with Crippen LogP contribution in [-0.4, -0.2) is 23.5 Å². The van der Waals surface area contributed by atoms with E-state index >= 15 is 0 Å². The van der Waals surface area contributed by atoms with Crippen molar-refractivity contribution in [2.45, 2.75) is 26.7 Å². The first-order valence-corrected chi connectivity index (χ1v) is 6.85. The zero-order valence-corrected chi connectivity index (χ0v) is 10.0. The van der Waals surface area contributed by atoms with E-state index in [1.54, 1.807) is 11.8 Å². The highest BCUT2D eigenvalue weighted by atomic mass is 32.2. The van der Waals surface area contributed by atoms with Gasteiger partial charge in [-0.05, 0) is 24.3 Å². The third-order valence-corrected chi connectivity index (χ3v) is 3.65. The van der Waals surface area contributed by atoms with Crippen LogP contribution >= 0.6 is 23.5 Å². The highest BCUT2D eigenvalue weighted by molar-refractivity contribution is 8.04. The Morgan fingerprint density at radius 1 is 1.23 bits per heavy atom. The van der Waals surface area contributed by atoms with E-state index < -0.39 is 0 Å². The van der Waals surface area contributed by atoms with Crippen LogP contribution < -0.4 is 0 Å². The molecule has 0 aliphatic carbocycles. The Morgan fingerprint density at radius 3 is 2.46 bits per heavy atom. The molecule has 0 saturated carbocycles. The van der Waals surface area contributed by atoms with Gasteiger partial charge in [0, 0.05) is 10.7 Å². The quantitative estimate of drug-likeness (QED) is 0.353. The van der Waals surface area contributed by atoms with E-state index in [9.17, 15) is 4.79 Å². The fourth-order valence-corrected chi connectivity index (χ4v) is 2.30. The Morgan fingerprint density at radius 2 is 1.92 bits per heavy atom. The second-order valence-corrected chi connectivity index (χ2v) is 4.97. The number of carbonyl (C=O) groups excluding carboxylic acids is 1. The van der Waals surface area contributed by atoms with Gasteiger partial charge in [0.15, 0.2) is 6.29 Å². The van der Waals surface area contributed by atoms with Crippen molar-refractivity contribution >= 4 is 29.8 Å². The molecule has 0 amide bonds. The van der Waals surface area contributed by atoms with E-state index in [1.165, 1.54) is 12.2 Å². The van der Waals surface area contributed by atoms with Crippen molar-refractivity contribution in [2.24, 2.45) is 0 Å². The van der Waals surface area contributed by atoms with Crippen LogP contribution in [0.5, 0.6) is 0 Å². The number of allylic oxidation sites excluding steroid dienone is 1. The highest BCUT2D eigenvalue weighted by Gasteiger charge is 1.94. The van der Waals surface area contributed by atoms with Gasteiger partial charge in [-0.2, -0.15) is 11.8 Å². The average Bonchev–Trinajstić information content (AvgIpc) is 2.17. The third kappa shape index (κ3) is 8.44. The van der Waals surface area contributed by atoms with Gasteiger partial charge >= 0.3 is 0 Å². The molecule has 0 bridgehead atoms. The van der Waals surface area contributed by atoms with Crippen LogP contribution in [0.25, 0.3) is 0 Å². The Hall–Kier alpha value is 0.110. The molecule has 0 aliphatic heterocycles. The van der Waals surface area contributed by atoms with E-state index in [1.807, 2.05) is 17.8 Å². The van der Waals surface area contributed by atoms with Crippen LogP contribution in [0.4, 0.5) is 0 Å². The predicted octanol–water partition coefficient (Wildman–Crippen LogP) is 3.36. The summed E-state index contributed by atoms with van der Waals surface area (Å²) in [5, 5.41) is 0. The van der Waals surface area contributed by atoms with Gasteiger partial charge in [-0.3, -0.25) is 4.79 Å². The smallest absolute Gasteiger partial charge is 0.156 e. The van der Waals surface area contributed by atoms with E-state index in [4.69, 9.17) is 0 Å². The van der Waals surface area contributed by atoms with Gasteiger partial charge in [-0.15, -0.1) is 11.8 Å². The van der Waals surface area contributed by atoms with Gasteiger partial charge < -0.3 is 0 Å². The van der Waals surface area contributed by atoms with Crippen molar-refractivity contribution < 1.29 is 4.79 Å². The summed E-state index contributed by atoms with van der Waals surface area (Å²) in [5.41, 5.74) is 0. The lowest BCUT2D eigenvalue weighted by Gasteiger charge is -1.98. The molecule has 0 spiro atoms. The van der Waals surface area contributed by atoms with E-state index in [2.05, 4.69) is 13.8 Å². The van der Waals surface area contributed by atoms with E-state index in [0.717, 1.165) is 29.1 Å². The summed E-state index contributed by atoms with van der Waals surface area (Å²) < 4.78 is 0. The van der Waals surface area contributed by atoms with Crippen LogP contribution in [0.2, 0.25) is 0 Å². The maximum Gasteiger partial charge on any atom is 0.156 e. The molecule has 0 saturated heterocycles. The summed E-state index contributed by atoms with van der Waals surface area (Å²) in [7, 11) is 0. The number of thioether (sulfide) groups is 2. The lowest BCUT2D eigenvalue weighted by Crippen LogP contribution is -1.84. The third-order valence-electron chi connectivity index (χ3n) is 1.34.